The first-order valence-electron chi connectivity index (χ1n) is 14.4. The highest BCUT2D eigenvalue weighted by Crippen LogP contribution is 2.39. The number of piperazine rings is 1. The number of benzene rings is 2. The van der Waals surface area contributed by atoms with Crippen LogP contribution in [0.1, 0.15) is 11.3 Å². The smallest absolute Gasteiger partial charge is 0.418 e. The maximum absolute atomic E-state index is 14.5. The third kappa shape index (κ3) is 5.08. The number of alkyl halides is 3. The summed E-state index contributed by atoms with van der Waals surface area (Å²) in [5, 5.41) is 12.3. The van der Waals surface area contributed by atoms with E-state index in [9.17, 15) is 18.0 Å². The Hall–Kier alpha value is -5.17. The minimum atomic E-state index is -4.61. The number of nitrogens with one attached hydrogen (secondary N) is 1. The van der Waals surface area contributed by atoms with Gasteiger partial charge in [0.05, 0.1) is 30.4 Å². The summed E-state index contributed by atoms with van der Waals surface area (Å²) in [4.78, 5) is 20.0. The predicted octanol–water partition coefficient (Wildman–Crippen LogP) is 4.62. The van der Waals surface area contributed by atoms with Gasteiger partial charge in [0.25, 0.3) is 5.56 Å². The van der Waals surface area contributed by atoms with Crippen molar-refractivity contribution in [2.75, 3.05) is 38.2 Å². The third-order valence-corrected chi connectivity index (χ3v) is 8.30. The van der Waals surface area contributed by atoms with E-state index in [1.807, 2.05) is 54.2 Å². The van der Waals surface area contributed by atoms with Crippen LogP contribution in [0.3, 0.4) is 0 Å². The van der Waals surface area contributed by atoms with Crippen LogP contribution < -0.4 is 20.5 Å². The van der Waals surface area contributed by atoms with Crippen LogP contribution in [0.15, 0.2) is 77.9 Å². The van der Waals surface area contributed by atoms with E-state index >= 15 is 0 Å². The van der Waals surface area contributed by atoms with Crippen molar-refractivity contribution in [3.05, 3.63) is 94.7 Å². The topological polar surface area (TPSA) is 95.0 Å². The molecule has 5 heterocycles. The Kier molecular flexibility index (Phi) is 7.04. The fraction of sp³-hybridized carbons (Fsp3) is 0.250. The Morgan fingerprint density at radius 1 is 1.00 bits per heavy atom. The summed E-state index contributed by atoms with van der Waals surface area (Å²) in [6, 6.07) is 17.2. The molecule has 0 unspecified atom stereocenters. The number of pyridine rings is 2. The molecule has 7 rings (SSSR count). The quantitative estimate of drug-likeness (QED) is 0.293. The van der Waals surface area contributed by atoms with Crippen molar-refractivity contribution in [3.63, 3.8) is 0 Å². The zero-order valence-corrected chi connectivity index (χ0v) is 24.5. The summed E-state index contributed by atoms with van der Waals surface area (Å²) in [5.41, 5.74) is 2.57. The molecule has 1 N–H and O–H groups in total. The van der Waals surface area contributed by atoms with Gasteiger partial charge in [0.1, 0.15) is 5.52 Å². The molecule has 4 aromatic heterocycles. The Morgan fingerprint density at radius 3 is 2.49 bits per heavy atom. The highest BCUT2D eigenvalue weighted by Gasteiger charge is 2.36. The first kappa shape index (κ1) is 28.6. The molecule has 1 aliphatic heterocycles. The molecular formula is C32H29F3N8O2. The molecule has 1 fully saturated rings. The molecule has 13 heteroatoms. The largest absolute Gasteiger partial charge is 0.481 e. The molecule has 0 aliphatic carbocycles. The molecule has 2 aromatic carbocycles. The van der Waals surface area contributed by atoms with E-state index in [2.05, 4.69) is 20.6 Å². The zero-order chi connectivity index (χ0) is 31.3. The average molecular weight is 615 g/mol. The average Bonchev–Trinajstić information content (AvgIpc) is 3.69. The number of fused-ring (bicyclic) bond motifs is 3. The van der Waals surface area contributed by atoms with E-state index in [1.165, 1.54) is 17.9 Å². The van der Waals surface area contributed by atoms with Gasteiger partial charge in [-0.3, -0.25) is 4.79 Å². The van der Waals surface area contributed by atoms with Crippen LogP contribution in [0.5, 0.6) is 5.88 Å². The van der Waals surface area contributed by atoms with Crippen molar-refractivity contribution < 1.29 is 17.9 Å². The van der Waals surface area contributed by atoms with E-state index in [4.69, 9.17) is 4.74 Å². The normalized spacial score (nSPS) is 14.0. The van der Waals surface area contributed by atoms with Crippen molar-refractivity contribution in [2.24, 2.45) is 7.05 Å². The molecule has 0 radical (unpaired) electrons. The van der Waals surface area contributed by atoms with Gasteiger partial charge in [-0.05, 0) is 54.1 Å². The fourth-order valence-electron chi connectivity index (χ4n) is 5.94. The van der Waals surface area contributed by atoms with Crippen LogP contribution >= 0.6 is 0 Å². The minimum Gasteiger partial charge on any atom is -0.481 e. The predicted molar refractivity (Wildman–Crippen MR) is 165 cm³/mol. The molecule has 0 amide bonds. The highest BCUT2D eigenvalue weighted by atomic mass is 19.4. The number of halogens is 3. The number of hydrogen-bond acceptors (Lipinski definition) is 7. The van der Waals surface area contributed by atoms with Gasteiger partial charge in [-0.2, -0.15) is 13.2 Å². The summed E-state index contributed by atoms with van der Waals surface area (Å²) in [7, 11) is 3.43. The molecule has 1 aliphatic rings. The zero-order valence-electron chi connectivity index (χ0n) is 24.5. The van der Waals surface area contributed by atoms with Crippen LogP contribution in [-0.2, 0) is 19.8 Å². The number of hydrogen-bond donors (Lipinski definition) is 1. The lowest BCUT2D eigenvalue weighted by molar-refractivity contribution is -0.137. The monoisotopic (exact) mass is 614 g/mol. The first-order chi connectivity index (χ1) is 21.7. The number of aromatic nitrogens is 6. The molecule has 1 saturated heterocycles. The van der Waals surface area contributed by atoms with Crippen LogP contribution in [-0.4, -0.2) is 62.4 Å². The number of nitrogens with zero attached hydrogens (tertiary/aromatic N) is 7. The maximum Gasteiger partial charge on any atom is 0.418 e. The summed E-state index contributed by atoms with van der Waals surface area (Å²) in [6.07, 6.45) is -1.03. The standard InChI is InChI=1S/C32H29F3N8O2/c1-40-13-3-4-23(40)19-42-26-8-5-20(21-6-10-28(45-2)37-18-21)16-24(26)30-29(31(42)44)38-39-43(30)22-7-9-27(25(17-22)32(33,34)35)41-14-11-36-12-15-41/h3-10,13,16-18,36H,11-12,14-15,19H2,1-2H3. The highest BCUT2D eigenvalue weighted by molar-refractivity contribution is 6.04. The van der Waals surface area contributed by atoms with Gasteiger partial charge in [0, 0.05) is 74.0 Å². The molecule has 0 spiro atoms. The number of aryl methyl sites for hydroxylation is 1. The Bertz CT molecular complexity index is 2090. The number of methoxy groups -OCH3 is 1. The molecule has 6 aromatic rings. The molecule has 10 nitrogen and oxygen atoms in total. The summed E-state index contributed by atoms with van der Waals surface area (Å²) >= 11 is 0. The molecule has 0 atom stereocenters. The van der Waals surface area contributed by atoms with E-state index in [0.29, 0.717) is 48.5 Å². The van der Waals surface area contributed by atoms with Gasteiger partial charge < -0.3 is 24.1 Å². The molecule has 0 saturated carbocycles. The summed E-state index contributed by atoms with van der Waals surface area (Å²) in [6.45, 7) is 2.38. The van der Waals surface area contributed by atoms with Crippen molar-refractivity contribution in [1.29, 1.82) is 0 Å². The lowest BCUT2D eigenvalue weighted by atomic mass is 10.0. The second-order valence-corrected chi connectivity index (χ2v) is 11.0. The van der Waals surface area contributed by atoms with E-state index in [0.717, 1.165) is 22.9 Å². The number of ether oxygens (including phenoxy) is 1. The van der Waals surface area contributed by atoms with Crippen molar-refractivity contribution in [1.82, 2.24) is 34.4 Å². The molecule has 230 valence electrons. The van der Waals surface area contributed by atoms with Crippen molar-refractivity contribution in [2.45, 2.75) is 12.7 Å². The second kappa shape index (κ2) is 11.1. The van der Waals surface area contributed by atoms with Crippen LogP contribution in [0, 0.1) is 0 Å². The first-order valence-corrected chi connectivity index (χ1v) is 14.4. The van der Waals surface area contributed by atoms with Crippen LogP contribution in [0.2, 0.25) is 0 Å². The molecule has 0 bridgehead atoms. The van der Waals surface area contributed by atoms with Gasteiger partial charge >= 0.3 is 6.18 Å². The van der Waals surface area contributed by atoms with Crippen LogP contribution in [0.25, 0.3) is 38.8 Å². The second-order valence-electron chi connectivity index (χ2n) is 11.0. The van der Waals surface area contributed by atoms with Gasteiger partial charge in [-0.25, -0.2) is 9.67 Å². The van der Waals surface area contributed by atoms with E-state index in [1.54, 1.807) is 27.8 Å². The molecular weight excluding hydrogens is 585 g/mol. The lowest BCUT2D eigenvalue weighted by Gasteiger charge is -2.31. The van der Waals surface area contributed by atoms with Crippen LogP contribution in [0.4, 0.5) is 18.9 Å². The van der Waals surface area contributed by atoms with Gasteiger partial charge in [-0.1, -0.05) is 11.3 Å². The number of anilines is 1. The van der Waals surface area contributed by atoms with Gasteiger partial charge in [-0.15, -0.1) is 5.10 Å². The van der Waals surface area contributed by atoms with E-state index in [-0.39, 0.29) is 23.4 Å². The summed E-state index contributed by atoms with van der Waals surface area (Å²) < 4.78 is 53.5. The Balaban J connectivity index is 1.46. The van der Waals surface area contributed by atoms with Crippen molar-refractivity contribution in [3.8, 4) is 22.7 Å². The SMILES string of the molecule is COc1ccc(-c2ccc3c(c2)c2c(nnn2-c2ccc(N4CCNCC4)c(C(F)(F)F)c2)c(=O)n3Cc2cccn2C)cn1. The van der Waals surface area contributed by atoms with Crippen molar-refractivity contribution >= 4 is 27.6 Å². The number of rotatable bonds is 6. The lowest BCUT2D eigenvalue weighted by Crippen LogP contribution is -2.44. The van der Waals surface area contributed by atoms with Gasteiger partial charge in [0.15, 0.2) is 5.52 Å². The Morgan fingerprint density at radius 2 is 1.80 bits per heavy atom. The summed E-state index contributed by atoms with van der Waals surface area (Å²) in [5.74, 6) is 0.463. The third-order valence-electron chi connectivity index (χ3n) is 8.30. The van der Waals surface area contributed by atoms with Gasteiger partial charge in [0.2, 0.25) is 5.88 Å². The van der Waals surface area contributed by atoms with E-state index < -0.39 is 17.3 Å². The minimum absolute atomic E-state index is 0.0569. The fourth-order valence-corrected chi connectivity index (χ4v) is 5.94. The molecule has 45 heavy (non-hydrogen) atoms. The Labute approximate surface area is 255 Å². The maximum atomic E-state index is 14.5.